The molecule has 76 valence electrons. The monoisotopic (exact) mass is 302 g/mol. The van der Waals surface area contributed by atoms with Gasteiger partial charge in [0, 0.05) is 6.61 Å². The van der Waals surface area contributed by atoms with Crippen LogP contribution >= 0.6 is 22.6 Å². The van der Waals surface area contributed by atoms with Gasteiger partial charge < -0.3 is 4.74 Å². The lowest BCUT2D eigenvalue weighted by Gasteiger charge is -2.02. The van der Waals surface area contributed by atoms with Crippen LogP contribution in [0, 0.1) is 0 Å². The molecular formula is C12H15IO. The molecule has 1 aromatic carbocycles. The van der Waals surface area contributed by atoms with Crippen LogP contribution in [-0.2, 0) is 11.3 Å². The molecular weight excluding hydrogens is 287 g/mol. The summed E-state index contributed by atoms with van der Waals surface area (Å²) in [6.07, 6.45) is 4.37. The van der Waals surface area contributed by atoms with Crippen LogP contribution in [0.5, 0.6) is 0 Å². The summed E-state index contributed by atoms with van der Waals surface area (Å²) >= 11 is 2.24. The topological polar surface area (TPSA) is 9.23 Å². The fourth-order valence-electron chi connectivity index (χ4n) is 1.13. The van der Waals surface area contributed by atoms with E-state index in [-0.39, 0.29) is 0 Å². The maximum Gasteiger partial charge on any atom is 0.0716 e. The van der Waals surface area contributed by atoms with E-state index in [0.29, 0.717) is 0 Å². The molecule has 14 heavy (non-hydrogen) atoms. The number of benzene rings is 1. The van der Waals surface area contributed by atoms with Crippen molar-refractivity contribution in [2.24, 2.45) is 0 Å². The molecule has 0 aliphatic heterocycles. The summed E-state index contributed by atoms with van der Waals surface area (Å²) in [5, 5.41) is 0. The smallest absolute Gasteiger partial charge is 0.0716 e. The minimum absolute atomic E-state index is 0.731. The van der Waals surface area contributed by atoms with Crippen molar-refractivity contribution in [3.8, 4) is 0 Å². The Morgan fingerprint density at radius 3 is 2.71 bits per heavy atom. The van der Waals surface area contributed by atoms with Crippen LogP contribution in [0.15, 0.2) is 40.5 Å². The third-order valence-corrected chi connectivity index (χ3v) is 2.37. The summed E-state index contributed by atoms with van der Waals surface area (Å²) in [7, 11) is 0. The van der Waals surface area contributed by atoms with Gasteiger partial charge in [-0.1, -0.05) is 59.0 Å². The van der Waals surface area contributed by atoms with Crippen molar-refractivity contribution in [2.75, 3.05) is 6.61 Å². The van der Waals surface area contributed by atoms with Crippen molar-refractivity contribution < 1.29 is 4.74 Å². The van der Waals surface area contributed by atoms with Crippen molar-refractivity contribution in [3.63, 3.8) is 0 Å². The zero-order chi connectivity index (χ0) is 10.1. The number of unbranched alkanes of at least 4 members (excludes halogenated alkanes) is 1. The first kappa shape index (κ1) is 11.7. The first-order valence-electron chi connectivity index (χ1n) is 4.80. The average Bonchev–Trinajstić information content (AvgIpc) is 2.25. The molecule has 0 aromatic heterocycles. The summed E-state index contributed by atoms with van der Waals surface area (Å²) in [6.45, 7) is 1.57. The summed E-state index contributed by atoms with van der Waals surface area (Å²) in [5.74, 6) is 0. The molecule has 0 bridgehead atoms. The van der Waals surface area contributed by atoms with E-state index in [0.717, 1.165) is 26.1 Å². The molecule has 0 saturated heterocycles. The second-order valence-corrected chi connectivity index (χ2v) is 3.76. The van der Waals surface area contributed by atoms with Crippen molar-refractivity contribution in [2.45, 2.75) is 19.4 Å². The van der Waals surface area contributed by atoms with Gasteiger partial charge in [0.25, 0.3) is 0 Å². The van der Waals surface area contributed by atoms with E-state index in [2.05, 4.69) is 44.9 Å². The quantitative estimate of drug-likeness (QED) is 0.571. The predicted octanol–water partition coefficient (Wildman–Crippen LogP) is 3.93. The highest BCUT2D eigenvalue weighted by Crippen LogP contribution is 2.02. The molecule has 0 unspecified atom stereocenters. The lowest BCUT2D eigenvalue weighted by atomic mass is 10.2. The first-order chi connectivity index (χ1) is 6.93. The normalized spacial score (nSPS) is 10.9. The van der Waals surface area contributed by atoms with E-state index in [4.69, 9.17) is 4.74 Å². The van der Waals surface area contributed by atoms with Crippen LogP contribution in [0.2, 0.25) is 0 Å². The van der Waals surface area contributed by atoms with E-state index >= 15 is 0 Å². The average molecular weight is 302 g/mol. The Hall–Kier alpha value is -0.350. The van der Waals surface area contributed by atoms with Crippen LogP contribution in [-0.4, -0.2) is 6.61 Å². The Balaban J connectivity index is 2.05. The van der Waals surface area contributed by atoms with E-state index in [1.54, 1.807) is 0 Å². The molecule has 0 amide bonds. The predicted molar refractivity (Wildman–Crippen MR) is 68.5 cm³/mol. The number of hydrogen-bond acceptors (Lipinski definition) is 1. The van der Waals surface area contributed by atoms with Gasteiger partial charge in [0.15, 0.2) is 0 Å². The molecule has 0 heterocycles. The largest absolute Gasteiger partial charge is 0.377 e. The van der Waals surface area contributed by atoms with Crippen LogP contribution < -0.4 is 0 Å². The van der Waals surface area contributed by atoms with Gasteiger partial charge in [0.2, 0.25) is 0 Å². The SMILES string of the molecule is I/C=C\CCCOCc1ccccc1. The van der Waals surface area contributed by atoms with E-state index in [9.17, 15) is 0 Å². The van der Waals surface area contributed by atoms with Crippen molar-refractivity contribution >= 4 is 22.6 Å². The molecule has 0 saturated carbocycles. The van der Waals surface area contributed by atoms with Crippen LogP contribution in [0.4, 0.5) is 0 Å². The van der Waals surface area contributed by atoms with Gasteiger partial charge in [-0.05, 0) is 22.5 Å². The van der Waals surface area contributed by atoms with Crippen molar-refractivity contribution in [1.29, 1.82) is 0 Å². The molecule has 0 fully saturated rings. The molecule has 0 aliphatic carbocycles. The molecule has 1 aromatic rings. The third-order valence-electron chi connectivity index (χ3n) is 1.86. The molecule has 0 radical (unpaired) electrons. The molecule has 1 nitrogen and oxygen atoms in total. The zero-order valence-corrected chi connectivity index (χ0v) is 10.3. The number of ether oxygens (including phenoxy) is 1. The first-order valence-corrected chi connectivity index (χ1v) is 6.05. The highest BCUT2D eigenvalue weighted by atomic mass is 127. The van der Waals surface area contributed by atoms with Crippen LogP contribution in [0.3, 0.4) is 0 Å². The van der Waals surface area contributed by atoms with Gasteiger partial charge in [0.05, 0.1) is 6.61 Å². The second-order valence-electron chi connectivity index (χ2n) is 3.04. The highest BCUT2D eigenvalue weighted by Gasteiger charge is 1.90. The van der Waals surface area contributed by atoms with Crippen LogP contribution in [0.25, 0.3) is 0 Å². The van der Waals surface area contributed by atoms with Gasteiger partial charge in [-0.3, -0.25) is 0 Å². The van der Waals surface area contributed by atoms with Gasteiger partial charge in [-0.25, -0.2) is 0 Å². The van der Waals surface area contributed by atoms with Crippen molar-refractivity contribution in [3.05, 3.63) is 46.1 Å². The molecule has 0 atom stereocenters. The number of allylic oxidation sites excluding steroid dienone is 1. The Labute approximate surface area is 99.3 Å². The lowest BCUT2D eigenvalue weighted by molar-refractivity contribution is 0.119. The summed E-state index contributed by atoms with van der Waals surface area (Å²) in [5.41, 5.74) is 1.25. The second kappa shape index (κ2) is 8.00. The van der Waals surface area contributed by atoms with Gasteiger partial charge in [-0.15, -0.1) is 0 Å². The summed E-state index contributed by atoms with van der Waals surface area (Å²) in [4.78, 5) is 0. The summed E-state index contributed by atoms with van der Waals surface area (Å²) in [6, 6.07) is 10.3. The lowest BCUT2D eigenvalue weighted by Crippen LogP contribution is -1.94. The minimum atomic E-state index is 0.731. The Morgan fingerprint density at radius 1 is 1.21 bits per heavy atom. The van der Waals surface area contributed by atoms with Gasteiger partial charge in [-0.2, -0.15) is 0 Å². The maximum atomic E-state index is 5.53. The third kappa shape index (κ3) is 5.40. The molecule has 0 N–H and O–H groups in total. The van der Waals surface area contributed by atoms with E-state index < -0.39 is 0 Å². The Bertz CT molecular complexity index is 256. The zero-order valence-electron chi connectivity index (χ0n) is 8.16. The summed E-state index contributed by atoms with van der Waals surface area (Å²) < 4.78 is 7.58. The fraction of sp³-hybridized carbons (Fsp3) is 0.333. The number of halogens is 1. The van der Waals surface area contributed by atoms with Gasteiger partial charge >= 0.3 is 0 Å². The molecule has 0 aliphatic rings. The van der Waals surface area contributed by atoms with E-state index in [1.165, 1.54) is 5.56 Å². The molecule has 1 rings (SSSR count). The minimum Gasteiger partial charge on any atom is -0.377 e. The standard InChI is InChI=1S/C12H15IO/c13-9-5-2-6-10-14-11-12-7-3-1-4-8-12/h1,3-5,7-9H,2,6,10-11H2/b9-5-. The number of rotatable bonds is 6. The number of hydrogen-bond donors (Lipinski definition) is 0. The maximum absolute atomic E-state index is 5.53. The van der Waals surface area contributed by atoms with Crippen molar-refractivity contribution in [1.82, 2.24) is 0 Å². The Morgan fingerprint density at radius 2 is 2.00 bits per heavy atom. The van der Waals surface area contributed by atoms with E-state index in [1.807, 2.05) is 18.2 Å². The highest BCUT2D eigenvalue weighted by molar-refractivity contribution is 14.1. The molecule has 2 heteroatoms. The fourth-order valence-corrected chi connectivity index (χ4v) is 1.49. The molecule has 0 spiro atoms. The Kier molecular flexibility index (Phi) is 6.70. The van der Waals surface area contributed by atoms with Gasteiger partial charge in [0.1, 0.15) is 0 Å². The van der Waals surface area contributed by atoms with Crippen LogP contribution in [0.1, 0.15) is 18.4 Å².